The highest BCUT2D eigenvalue weighted by atomic mass is 35.5. The molecule has 30 heavy (non-hydrogen) atoms. The molecule has 3 rings (SSSR count). The quantitative estimate of drug-likeness (QED) is 0.402. The number of quaternary nitrogens is 1. The van der Waals surface area contributed by atoms with Crippen LogP contribution in [0.3, 0.4) is 0 Å². The Bertz CT molecular complexity index is 969. The second-order valence-corrected chi connectivity index (χ2v) is 8.11. The van der Waals surface area contributed by atoms with Crippen LogP contribution in [0.25, 0.3) is 5.76 Å². The second-order valence-electron chi connectivity index (χ2n) is 7.24. The molecule has 0 radical (unpaired) electrons. The summed E-state index contributed by atoms with van der Waals surface area (Å²) in [6, 6.07) is 12.5. The van der Waals surface area contributed by atoms with Crippen molar-refractivity contribution in [3.8, 4) is 0 Å². The van der Waals surface area contributed by atoms with Gasteiger partial charge in [-0.05, 0) is 49.2 Å². The van der Waals surface area contributed by atoms with Gasteiger partial charge < -0.3 is 14.9 Å². The lowest BCUT2D eigenvalue weighted by molar-refractivity contribution is -0.895. The fourth-order valence-corrected chi connectivity index (χ4v) is 4.09. The molecule has 1 aliphatic rings. The predicted molar refractivity (Wildman–Crippen MR) is 116 cm³/mol. The zero-order chi connectivity index (χ0) is 21.8. The summed E-state index contributed by atoms with van der Waals surface area (Å²) in [5, 5.41) is 14.2. The maximum Gasteiger partial charge on any atom is 0.295 e. The molecule has 7 heteroatoms. The average Bonchev–Trinajstić information content (AvgIpc) is 2.99. The molecule has 0 aromatic heterocycles. The summed E-state index contributed by atoms with van der Waals surface area (Å²) in [6.45, 7) is 7.03. The molecule has 2 aromatic rings. The van der Waals surface area contributed by atoms with Gasteiger partial charge in [-0.15, -0.1) is 0 Å². The van der Waals surface area contributed by atoms with E-state index in [0.29, 0.717) is 34.3 Å². The monoisotopic (exact) mass is 446 g/mol. The third kappa shape index (κ3) is 4.53. The van der Waals surface area contributed by atoms with E-state index >= 15 is 0 Å². The van der Waals surface area contributed by atoms with Crippen LogP contribution < -0.4 is 10.0 Å². The summed E-state index contributed by atoms with van der Waals surface area (Å²) in [5.41, 5.74) is 0.923. The van der Waals surface area contributed by atoms with Crippen LogP contribution in [0.15, 0.2) is 54.1 Å². The number of carbonyl (C=O) groups is 2. The number of carbonyl (C=O) groups excluding carboxylic acids is 2. The number of benzene rings is 2. The number of hydrogen-bond donors (Lipinski definition) is 1. The first-order valence-corrected chi connectivity index (χ1v) is 10.7. The number of ketones is 1. The number of amides is 1. The lowest BCUT2D eigenvalue weighted by atomic mass is 9.95. The minimum atomic E-state index is -0.762. The Morgan fingerprint density at radius 3 is 2.30 bits per heavy atom. The molecule has 1 fully saturated rings. The van der Waals surface area contributed by atoms with Gasteiger partial charge in [-0.3, -0.25) is 9.59 Å². The van der Waals surface area contributed by atoms with Crippen molar-refractivity contribution in [2.75, 3.05) is 26.2 Å². The SMILES string of the molecule is CC[NH+](CC)CCN1C(=O)C(=O)C(=C([O-])c2ccc(Cl)cc2)C1c1cccc(Cl)c1. The Kier molecular flexibility index (Phi) is 7.19. The summed E-state index contributed by atoms with van der Waals surface area (Å²) in [4.78, 5) is 28.6. The molecule has 0 spiro atoms. The van der Waals surface area contributed by atoms with Gasteiger partial charge in [-0.25, -0.2) is 0 Å². The molecule has 1 unspecified atom stereocenters. The van der Waals surface area contributed by atoms with Gasteiger partial charge in [-0.1, -0.05) is 53.2 Å². The number of likely N-dealkylation sites (N-methyl/N-ethyl adjacent to an activating group) is 1. The van der Waals surface area contributed by atoms with Crippen LogP contribution in [0.1, 0.15) is 31.0 Å². The van der Waals surface area contributed by atoms with Crippen LogP contribution in [0.2, 0.25) is 10.0 Å². The number of nitrogens with one attached hydrogen (secondary N) is 1. The Morgan fingerprint density at radius 2 is 1.70 bits per heavy atom. The summed E-state index contributed by atoms with van der Waals surface area (Å²) in [7, 11) is 0. The molecular weight excluding hydrogens is 423 g/mol. The van der Waals surface area contributed by atoms with E-state index in [9.17, 15) is 14.7 Å². The minimum absolute atomic E-state index is 0.0425. The van der Waals surface area contributed by atoms with Crippen molar-refractivity contribution in [2.24, 2.45) is 0 Å². The molecule has 0 bridgehead atoms. The van der Waals surface area contributed by atoms with Gasteiger partial charge in [0.2, 0.25) is 5.78 Å². The highest BCUT2D eigenvalue weighted by molar-refractivity contribution is 6.46. The fourth-order valence-electron chi connectivity index (χ4n) is 3.76. The maximum absolute atomic E-state index is 13.3. The van der Waals surface area contributed by atoms with Crippen molar-refractivity contribution in [2.45, 2.75) is 19.9 Å². The molecule has 1 N–H and O–H groups in total. The lowest BCUT2D eigenvalue weighted by Crippen LogP contribution is -3.12. The van der Waals surface area contributed by atoms with Crippen molar-refractivity contribution in [1.29, 1.82) is 0 Å². The van der Waals surface area contributed by atoms with Crippen molar-refractivity contribution in [3.63, 3.8) is 0 Å². The standard InChI is InChI=1S/C23H24Cl2N2O3/c1-3-26(4-2)12-13-27-20(16-6-5-7-18(25)14-16)19(22(29)23(27)30)21(28)15-8-10-17(24)11-9-15/h5-11,14,20,28H,3-4,12-13H2,1-2H3. The van der Waals surface area contributed by atoms with Crippen molar-refractivity contribution in [1.82, 2.24) is 4.90 Å². The van der Waals surface area contributed by atoms with Crippen LogP contribution in [-0.4, -0.2) is 42.8 Å². The topological polar surface area (TPSA) is 64.9 Å². The molecule has 2 aromatic carbocycles. The van der Waals surface area contributed by atoms with Gasteiger partial charge in [0.1, 0.15) is 0 Å². The van der Waals surface area contributed by atoms with Gasteiger partial charge >= 0.3 is 0 Å². The van der Waals surface area contributed by atoms with Crippen LogP contribution >= 0.6 is 23.2 Å². The van der Waals surface area contributed by atoms with E-state index in [1.165, 1.54) is 9.80 Å². The van der Waals surface area contributed by atoms with E-state index in [-0.39, 0.29) is 5.57 Å². The van der Waals surface area contributed by atoms with Crippen LogP contribution in [0, 0.1) is 0 Å². The zero-order valence-corrected chi connectivity index (χ0v) is 18.5. The first-order valence-electron chi connectivity index (χ1n) is 9.98. The summed E-state index contributed by atoms with van der Waals surface area (Å²) >= 11 is 12.1. The minimum Gasteiger partial charge on any atom is -0.872 e. The number of hydrogen-bond acceptors (Lipinski definition) is 3. The van der Waals surface area contributed by atoms with Gasteiger partial charge in [0, 0.05) is 15.6 Å². The first kappa shape index (κ1) is 22.3. The summed E-state index contributed by atoms with van der Waals surface area (Å²) in [5.74, 6) is -1.87. The van der Waals surface area contributed by atoms with Crippen LogP contribution in [0.4, 0.5) is 0 Å². The maximum atomic E-state index is 13.3. The molecule has 0 saturated carbocycles. The molecular formula is C23H24Cl2N2O3. The number of halogens is 2. The fraction of sp³-hybridized carbons (Fsp3) is 0.304. The smallest absolute Gasteiger partial charge is 0.295 e. The molecule has 1 saturated heterocycles. The highest BCUT2D eigenvalue weighted by Gasteiger charge is 2.44. The zero-order valence-electron chi connectivity index (χ0n) is 17.0. The van der Waals surface area contributed by atoms with Crippen molar-refractivity contribution < 1.29 is 19.6 Å². The van der Waals surface area contributed by atoms with E-state index in [1.807, 2.05) is 0 Å². The van der Waals surface area contributed by atoms with Crippen LogP contribution in [0.5, 0.6) is 0 Å². The molecule has 0 aliphatic carbocycles. The number of Topliss-reactive ketones (excluding diaryl/α,β-unsaturated/α-hetero) is 1. The third-order valence-corrected chi connectivity index (χ3v) is 5.99. The Balaban J connectivity index is 2.09. The lowest BCUT2D eigenvalue weighted by Gasteiger charge is -2.28. The molecule has 1 heterocycles. The van der Waals surface area contributed by atoms with Crippen molar-refractivity contribution in [3.05, 3.63) is 75.3 Å². The third-order valence-electron chi connectivity index (χ3n) is 5.51. The van der Waals surface area contributed by atoms with E-state index in [1.54, 1.807) is 48.5 Å². The first-order chi connectivity index (χ1) is 14.4. The highest BCUT2D eigenvalue weighted by Crippen LogP contribution is 2.39. The normalized spacial score (nSPS) is 18.4. The number of nitrogens with zero attached hydrogens (tertiary/aromatic N) is 1. The molecule has 1 amide bonds. The van der Waals surface area contributed by atoms with Gasteiger partial charge in [0.05, 0.1) is 32.2 Å². The summed E-state index contributed by atoms with van der Waals surface area (Å²) in [6.07, 6.45) is 0. The Labute approximate surface area is 186 Å². The Morgan fingerprint density at radius 1 is 1.03 bits per heavy atom. The van der Waals surface area contributed by atoms with E-state index in [4.69, 9.17) is 23.2 Å². The van der Waals surface area contributed by atoms with E-state index < -0.39 is 23.5 Å². The largest absolute Gasteiger partial charge is 0.872 e. The van der Waals surface area contributed by atoms with Gasteiger partial charge in [0.15, 0.2) is 0 Å². The molecule has 1 atom stereocenters. The molecule has 1 aliphatic heterocycles. The van der Waals surface area contributed by atoms with Crippen LogP contribution in [-0.2, 0) is 9.59 Å². The van der Waals surface area contributed by atoms with Gasteiger partial charge in [-0.2, -0.15) is 0 Å². The van der Waals surface area contributed by atoms with Crippen molar-refractivity contribution >= 4 is 40.7 Å². The second kappa shape index (κ2) is 9.65. The van der Waals surface area contributed by atoms with E-state index in [2.05, 4.69) is 13.8 Å². The number of rotatable bonds is 7. The summed E-state index contributed by atoms with van der Waals surface area (Å²) < 4.78 is 0. The average molecular weight is 447 g/mol. The predicted octanol–water partition coefficient (Wildman–Crippen LogP) is 2.14. The van der Waals surface area contributed by atoms with E-state index in [0.717, 1.165) is 13.1 Å². The molecule has 5 nitrogen and oxygen atoms in total. The van der Waals surface area contributed by atoms with Gasteiger partial charge in [0.25, 0.3) is 5.91 Å². The Hall–Kier alpha value is -2.34. The molecule has 158 valence electrons. The number of likely N-dealkylation sites (tertiary alicyclic amines) is 1.